The van der Waals surface area contributed by atoms with Gasteiger partial charge in [0.15, 0.2) is 0 Å². The normalized spacial score (nSPS) is 11.1. The van der Waals surface area contributed by atoms with Crippen molar-refractivity contribution in [1.82, 2.24) is 45.5 Å². The molecule has 0 N–H and O–H groups in total. The van der Waals surface area contributed by atoms with Crippen LogP contribution < -0.4 is 14.2 Å². The van der Waals surface area contributed by atoms with E-state index in [1.807, 2.05) is 109 Å². The van der Waals surface area contributed by atoms with Crippen LogP contribution in [0.15, 0.2) is 160 Å². The van der Waals surface area contributed by atoms with Gasteiger partial charge < -0.3 is 27.5 Å². The number of para-hydroxylation sites is 3. The summed E-state index contributed by atoms with van der Waals surface area (Å²) in [5, 5.41) is 26.0. The van der Waals surface area contributed by atoms with Gasteiger partial charge in [0.05, 0.1) is 16.7 Å². The minimum absolute atomic E-state index is 0.215. The highest BCUT2D eigenvalue weighted by Gasteiger charge is 2.23. The van der Waals surface area contributed by atoms with E-state index in [2.05, 4.69) is 66.3 Å². The van der Waals surface area contributed by atoms with Gasteiger partial charge in [0.1, 0.15) is 37.1 Å². The van der Waals surface area contributed by atoms with Crippen molar-refractivity contribution in [3.05, 3.63) is 180 Å². The maximum Gasteiger partial charge on any atom is 0.251 e. The van der Waals surface area contributed by atoms with E-state index in [0.29, 0.717) is 69.3 Å². The van der Waals surface area contributed by atoms with E-state index in [4.69, 9.17) is 27.5 Å². The number of hydrogen-bond donors (Lipinski definition) is 0. The summed E-state index contributed by atoms with van der Waals surface area (Å²) in [7, 11) is 0. The Kier molecular flexibility index (Phi) is 11.5. The molecule has 0 radical (unpaired) electrons. The summed E-state index contributed by atoms with van der Waals surface area (Å²) < 4.78 is 38.4. The van der Waals surface area contributed by atoms with Crippen molar-refractivity contribution in [3.8, 4) is 86.0 Å². The average molecular weight is 874 g/mol. The molecule has 6 aromatic heterocycles. The van der Waals surface area contributed by atoms with Gasteiger partial charge in [-0.25, -0.2) is 0 Å². The van der Waals surface area contributed by atoms with Crippen LogP contribution in [-0.2, 0) is 19.8 Å². The molecular weight excluding hydrogens is 835 g/mol. The third-order valence-corrected chi connectivity index (χ3v) is 11.2. The standard InChI is InChI=1S/C51H39N9O6/c1-31-40(28-61-43-13-7-4-10-37(43)49-58-55-46(64-49)34-16-22-52-23-17-34)32(2)42(30-63-45-15-9-6-12-39(45)51-60-57-48(66-51)36-20-26-54-27-21-36)33(3)41(31)29-62-44-14-8-5-11-38(44)50-59-56-47(65-50)35-18-24-53-25-19-35/h4-27H,28-30H2,1-3H3. The van der Waals surface area contributed by atoms with Crippen LogP contribution in [0.25, 0.3) is 68.7 Å². The fourth-order valence-corrected chi connectivity index (χ4v) is 7.63. The zero-order valence-electron chi connectivity index (χ0n) is 36.0. The summed E-state index contributed by atoms with van der Waals surface area (Å²) in [6.07, 6.45) is 10.1. The lowest BCUT2D eigenvalue weighted by molar-refractivity contribution is 0.290. The van der Waals surface area contributed by atoms with Gasteiger partial charge in [-0.15, -0.1) is 30.6 Å². The molecule has 4 aromatic carbocycles. The number of pyridine rings is 3. The molecule has 324 valence electrons. The molecule has 0 atom stereocenters. The fourth-order valence-electron chi connectivity index (χ4n) is 7.63. The van der Waals surface area contributed by atoms with Gasteiger partial charge in [0.25, 0.3) is 17.7 Å². The Morgan fingerprint density at radius 3 is 0.879 bits per heavy atom. The fraction of sp³-hybridized carbons (Fsp3) is 0.118. The number of hydrogen-bond acceptors (Lipinski definition) is 15. The predicted molar refractivity (Wildman–Crippen MR) is 243 cm³/mol. The number of benzene rings is 4. The summed E-state index contributed by atoms with van der Waals surface area (Å²) in [5.41, 5.74) is 10.2. The minimum Gasteiger partial charge on any atom is -0.488 e. The van der Waals surface area contributed by atoms with E-state index in [1.165, 1.54) is 0 Å². The lowest BCUT2D eigenvalue weighted by atomic mass is 9.89. The van der Waals surface area contributed by atoms with Crippen LogP contribution in [-0.4, -0.2) is 45.5 Å². The van der Waals surface area contributed by atoms with Gasteiger partial charge in [0.2, 0.25) is 17.7 Å². The second-order valence-electron chi connectivity index (χ2n) is 15.1. The topological polar surface area (TPSA) is 183 Å². The van der Waals surface area contributed by atoms with Gasteiger partial charge in [-0.05, 0) is 127 Å². The summed E-state index contributed by atoms with van der Waals surface area (Å²) in [5.74, 6) is 3.88. The lowest BCUT2D eigenvalue weighted by Gasteiger charge is -2.23. The van der Waals surface area contributed by atoms with Crippen molar-refractivity contribution in [2.45, 2.75) is 40.6 Å². The Labute approximate surface area is 378 Å². The number of ether oxygens (including phenoxy) is 3. The molecule has 0 spiro atoms. The Morgan fingerprint density at radius 1 is 0.333 bits per heavy atom. The molecule has 15 heteroatoms. The maximum absolute atomic E-state index is 6.68. The summed E-state index contributed by atoms with van der Waals surface area (Å²) in [4.78, 5) is 12.3. The van der Waals surface area contributed by atoms with Crippen LogP contribution in [0, 0.1) is 20.8 Å². The van der Waals surface area contributed by atoms with Crippen LogP contribution in [0.2, 0.25) is 0 Å². The first-order valence-electron chi connectivity index (χ1n) is 21.0. The number of aromatic nitrogens is 9. The third kappa shape index (κ3) is 8.47. The lowest BCUT2D eigenvalue weighted by Crippen LogP contribution is -2.13. The van der Waals surface area contributed by atoms with Crippen LogP contribution in [0.4, 0.5) is 0 Å². The van der Waals surface area contributed by atoms with Gasteiger partial charge in [0, 0.05) is 53.9 Å². The van der Waals surface area contributed by atoms with E-state index in [9.17, 15) is 0 Å². The largest absolute Gasteiger partial charge is 0.488 e. The summed E-state index contributed by atoms with van der Waals surface area (Å²) >= 11 is 0. The molecule has 66 heavy (non-hydrogen) atoms. The van der Waals surface area contributed by atoms with Crippen molar-refractivity contribution in [1.29, 1.82) is 0 Å². The van der Waals surface area contributed by atoms with E-state index in [0.717, 1.165) is 50.1 Å². The molecule has 0 saturated heterocycles. The van der Waals surface area contributed by atoms with Gasteiger partial charge in [-0.1, -0.05) is 36.4 Å². The van der Waals surface area contributed by atoms with Crippen molar-refractivity contribution < 1.29 is 27.5 Å². The number of rotatable bonds is 15. The zero-order chi connectivity index (χ0) is 44.8. The van der Waals surface area contributed by atoms with Gasteiger partial charge >= 0.3 is 0 Å². The van der Waals surface area contributed by atoms with Crippen molar-refractivity contribution in [2.75, 3.05) is 0 Å². The Balaban J connectivity index is 0.974. The highest BCUT2D eigenvalue weighted by molar-refractivity contribution is 5.67. The zero-order valence-corrected chi connectivity index (χ0v) is 36.0. The second-order valence-corrected chi connectivity index (χ2v) is 15.1. The molecule has 15 nitrogen and oxygen atoms in total. The van der Waals surface area contributed by atoms with Crippen LogP contribution in [0.5, 0.6) is 17.2 Å². The third-order valence-electron chi connectivity index (χ3n) is 11.2. The van der Waals surface area contributed by atoms with Crippen LogP contribution in [0.3, 0.4) is 0 Å². The first-order chi connectivity index (χ1) is 32.5. The van der Waals surface area contributed by atoms with Gasteiger partial charge in [-0.2, -0.15) is 0 Å². The van der Waals surface area contributed by atoms with Crippen LogP contribution in [0.1, 0.15) is 33.4 Å². The Hall–Kier alpha value is -8.85. The van der Waals surface area contributed by atoms with Crippen molar-refractivity contribution in [3.63, 3.8) is 0 Å². The van der Waals surface area contributed by atoms with E-state index in [-0.39, 0.29) is 19.8 Å². The average Bonchev–Trinajstić information content (AvgIpc) is 4.18. The summed E-state index contributed by atoms with van der Waals surface area (Å²) in [6.45, 7) is 6.91. The Morgan fingerprint density at radius 2 is 0.591 bits per heavy atom. The molecule has 0 aliphatic heterocycles. The molecule has 10 aromatic rings. The SMILES string of the molecule is Cc1c(COc2ccccc2-c2nnc(-c3ccncc3)o2)c(C)c(COc2ccccc2-c2nnc(-c3ccncc3)o2)c(C)c1COc1ccccc1-c1nnc(-c2ccncc2)o1. The van der Waals surface area contributed by atoms with Crippen molar-refractivity contribution >= 4 is 0 Å². The highest BCUT2D eigenvalue weighted by atomic mass is 16.5. The molecular formula is C51H39N9O6. The smallest absolute Gasteiger partial charge is 0.251 e. The highest BCUT2D eigenvalue weighted by Crippen LogP contribution is 2.37. The van der Waals surface area contributed by atoms with Crippen molar-refractivity contribution in [2.24, 2.45) is 0 Å². The first-order valence-corrected chi connectivity index (χ1v) is 21.0. The van der Waals surface area contributed by atoms with E-state index >= 15 is 0 Å². The molecule has 0 aliphatic carbocycles. The van der Waals surface area contributed by atoms with E-state index < -0.39 is 0 Å². The molecule has 0 bridgehead atoms. The molecule has 0 amide bonds. The van der Waals surface area contributed by atoms with Crippen LogP contribution >= 0.6 is 0 Å². The molecule has 0 fully saturated rings. The molecule has 0 saturated carbocycles. The number of nitrogens with zero attached hydrogens (tertiary/aromatic N) is 9. The first kappa shape index (κ1) is 41.2. The predicted octanol–water partition coefficient (Wildman–Crippen LogP) is 10.7. The second kappa shape index (κ2) is 18.5. The quantitative estimate of drug-likeness (QED) is 0.0947. The molecule has 10 rings (SSSR count). The monoisotopic (exact) mass is 873 g/mol. The molecule has 6 heterocycles. The van der Waals surface area contributed by atoms with E-state index in [1.54, 1.807) is 37.2 Å². The Bertz CT molecular complexity index is 2900. The molecule has 0 unspecified atom stereocenters. The maximum atomic E-state index is 6.68. The molecule has 0 aliphatic rings. The van der Waals surface area contributed by atoms with Gasteiger partial charge in [-0.3, -0.25) is 15.0 Å². The summed E-state index contributed by atoms with van der Waals surface area (Å²) in [6, 6.07) is 33.7. The minimum atomic E-state index is 0.215.